The SMILES string of the molecule is CN(C)C1C[C@@H](N(C)C)O[C@@H](O)C1O. The van der Waals surface area contributed by atoms with E-state index in [2.05, 4.69) is 0 Å². The molecular formula is C9H20N2O3. The molecule has 5 nitrogen and oxygen atoms in total. The third-order valence-corrected chi connectivity index (χ3v) is 2.67. The minimum atomic E-state index is -1.09. The molecule has 1 rings (SSSR count). The van der Waals surface area contributed by atoms with Crippen LogP contribution in [0.25, 0.3) is 0 Å². The zero-order chi connectivity index (χ0) is 10.9. The van der Waals surface area contributed by atoms with Crippen LogP contribution in [0.5, 0.6) is 0 Å². The Labute approximate surface area is 84.9 Å². The molecule has 1 saturated heterocycles. The minimum absolute atomic E-state index is 0.0638. The Bertz CT molecular complexity index is 187. The van der Waals surface area contributed by atoms with Crippen LogP contribution >= 0.6 is 0 Å². The van der Waals surface area contributed by atoms with E-state index >= 15 is 0 Å². The van der Waals surface area contributed by atoms with E-state index in [-0.39, 0.29) is 12.3 Å². The molecule has 14 heavy (non-hydrogen) atoms. The van der Waals surface area contributed by atoms with Gasteiger partial charge in [-0.1, -0.05) is 0 Å². The number of nitrogens with zero attached hydrogens (tertiary/aromatic N) is 2. The molecule has 0 aliphatic carbocycles. The summed E-state index contributed by atoms with van der Waals surface area (Å²) >= 11 is 0. The Morgan fingerprint density at radius 1 is 1.07 bits per heavy atom. The Morgan fingerprint density at radius 3 is 2.07 bits per heavy atom. The van der Waals surface area contributed by atoms with E-state index in [1.807, 2.05) is 38.0 Å². The molecule has 1 fully saturated rings. The second-order valence-electron chi connectivity index (χ2n) is 4.20. The van der Waals surface area contributed by atoms with Gasteiger partial charge in [-0.15, -0.1) is 0 Å². The van der Waals surface area contributed by atoms with Crippen LogP contribution in [0.4, 0.5) is 0 Å². The summed E-state index contributed by atoms with van der Waals surface area (Å²) < 4.78 is 5.25. The van der Waals surface area contributed by atoms with Crippen molar-refractivity contribution in [1.29, 1.82) is 0 Å². The van der Waals surface area contributed by atoms with Crippen molar-refractivity contribution in [2.24, 2.45) is 0 Å². The first-order valence-corrected chi connectivity index (χ1v) is 4.78. The van der Waals surface area contributed by atoms with Crippen LogP contribution in [-0.4, -0.2) is 72.9 Å². The topological polar surface area (TPSA) is 56.2 Å². The number of rotatable bonds is 2. The predicted molar refractivity (Wildman–Crippen MR) is 52.7 cm³/mol. The molecule has 0 aromatic heterocycles. The van der Waals surface area contributed by atoms with E-state index in [1.54, 1.807) is 0 Å². The van der Waals surface area contributed by atoms with Crippen molar-refractivity contribution in [3.05, 3.63) is 0 Å². The fourth-order valence-corrected chi connectivity index (χ4v) is 1.68. The lowest BCUT2D eigenvalue weighted by Crippen LogP contribution is -2.56. The van der Waals surface area contributed by atoms with Crippen LogP contribution in [-0.2, 0) is 4.74 Å². The summed E-state index contributed by atoms with van der Waals surface area (Å²) in [6.07, 6.45) is -1.37. The van der Waals surface area contributed by atoms with E-state index in [9.17, 15) is 10.2 Å². The lowest BCUT2D eigenvalue weighted by Gasteiger charge is -2.42. The van der Waals surface area contributed by atoms with Crippen molar-refractivity contribution >= 4 is 0 Å². The molecule has 1 heterocycles. The molecule has 0 aromatic carbocycles. The van der Waals surface area contributed by atoms with Gasteiger partial charge in [0, 0.05) is 12.5 Å². The molecule has 1 aliphatic rings. The molecule has 4 atom stereocenters. The third kappa shape index (κ3) is 2.43. The van der Waals surface area contributed by atoms with Crippen LogP contribution in [0.2, 0.25) is 0 Å². The quantitative estimate of drug-likeness (QED) is 0.598. The van der Waals surface area contributed by atoms with Gasteiger partial charge in [0.15, 0.2) is 6.29 Å². The maximum Gasteiger partial charge on any atom is 0.184 e. The van der Waals surface area contributed by atoms with Crippen molar-refractivity contribution < 1.29 is 14.9 Å². The number of ether oxygens (including phenoxy) is 1. The third-order valence-electron chi connectivity index (χ3n) is 2.67. The van der Waals surface area contributed by atoms with Gasteiger partial charge in [-0.2, -0.15) is 0 Å². The standard InChI is InChI=1S/C9H20N2O3/c1-10(2)6-5-7(11(3)4)14-9(13)8(6)12/h6-9,12-13H,5H2,1-4H3/t6?,7-,8?,9+/m0/s1. The van der Waals surface area contributed by atoms with Crippen molar-refractivity contribution in [1.82, 2.24) is 9.80 Å². The monoisotopic (exact) mass is 204 g/mol. The highest BCUT2D eigenvalue weighted by Gasteiger charge is 2.38. The molecule has 0 bridgehead atoms. The first-order chi connectivity index (χ1) is 6.43. The smallest absolute Gasteiger partial charge is 0.184 e. The van der Waals surface area contributed by atoms with Gasteiger partial charge in [0.05, 0.1) is 0 Å². The molecule has 0 aromatic rings. The van der Waals surface area contributed by atoms with Gasteiger partial charge in [0.25, 0.3) is 0 Å². The summed E-state index contributed by atoms with van der Waals surface area (Å²) in [5.74, 6) is 0. The fourth-order valence-electron chi connectivity index (χ4n) is 1.68. The molecule has 0 saturated carbocycles. The zero-order valence-corrected chi connectivity index (χ0v) is 9.21. The van der Waals surface area contributed by atoms with Crippen LogP contribution < -0.4 is 0 Å². The Hall–Kier alpha value is -0.200. The van der Waals surface area contributed by atoms with Gasteiger partial charge >= 0.3 is 0 Å². The van der Waals surface area contributed by atoms with Gasteiger partial charge in [-0.25, -0.2) is 0 Å². The van der Waals surface area contributed by atoms with Crippen molar-refractivity contribution in [3.8, 4) is 0 Å². The zero-order valence-electron chi connectivity index (χ0n) is 9.21. The van der Waals surface area contributed by atoms with Gasteiger partial charge in [-0.05, 0) is 28.2 Å². The second kappa shape index (κ2) is 4.55. The van der Waals surface area contributed by atoms with Gasteiger partial charge < -0.3 is 19.8 Å². The summed E-state index contributed by atoms with van der Waals surface area (Å²) in [7, 11) is 7.56. The predicted octanol–water partition coefficient (Wildman–Crippen LogP) is -1.10. The highest BCUT2D eigenvalue weighted by Crippen LogP contribution is 2.22. The van der Waals surface area contributed by atoms with Crippen molar-refractivity contribution in [2.75, 3.05) is 28.2 Å². The summed E-state index contributed by atoms with van der Waals surface area (Å²) in [5, 5.41) is 19.2. The number of hydrogen-bond donors (Lipinski definition) is 2. The van der Waals surface area contributed by atoms with E-state index in [0.29, 0.717) is 6.42 Å². The second-order valence-corrected chi connectivity index (χ2v) is 4.20. The summed E-state index contributed by atoms with van der Waals surface area (Å²) in [6.45, 7) is 0. The summed E-state index contributed by atoms with van der Waals surface area (Å²) in [5.41, 5.74) is 0. The van der Waals surface area contributed by atoms with E-state index in [4.69, 9.17) is 4.74 Å². The Kier molecular flexibility index (Phi) is 3.86. The lowest BCUT2D eigenvalue weighted by molar-refractivity contribution is -0.259. The largest absolute Gasteiger partial charge is 0.386 e. The summed E-state index contributed by atoms with van der Waals surface area (Å²) in [6, 6.07) is -0.0638. The molecule has 0 spiro atoms. The Morgan fingerprint density at radius 2 is 1.64 bits per heavy atom. The number of aliphatic hydroxyl groups excluding tert-OH is 2. The minimum Gasteiger partial charge on any atom is -0.386 e. The van der Waals surface area contributed by atoms with Crippen LogP contribution in [0.1, 0.15) is 6.42 Å². The number of hydrogen-bond acceptors (Lipinski definition) is 5. The lowest BCUT2D eigenvalue weighted by atomic mass is 10.0. The highest BCUT2D eigenvalue weighted by molar-refractivity contribution is 4.84. The Balaban J connectivity index is 2.66. The van der Waals surface area contributed by atoms with Gasteiger partial charge in [0.2, 0.25) is 0 Å². The average Bonchev–Trinajstić information content (AvgIpc) is 2.08. The van der Waals surface area contributed by atoms with Gasteiger partial charge in [0.1, 0.15) is 12.3 Å². The maximum atomic E-state index is 9.67. The van der Waals surface area contributed by atoms with Crippen molar-refractivity contribution in [3.63, 3.8) is 0 Å². The molecule has 84 valence electrons. The molecule has 5 heteroatoms. The average molecular weight is 204 g/mol. The number of likely N-dealkylation sites (N-methyl/N-ethyl adjacent to an activating group) is 1. The molecule has 2 N–H and O–H groups in total. The molecule has 1 aliphatic heterocycles. The van der Waals surface area contributed by atoms with Crippen LogP contribution in [0, 0.1) is 0 Å². The van der Waals surface area contributed by atoms with E-state index < -0.39 is 12.4 Å². The number of aliphatic hydroxyl groups is 2. The molecular weight excluding hydrogens is 184 g/mol. The normalized spacial score (nSPS) is 39.4. The van der Waals surface area contributed by atoms with Crippen molar-refractivity contribution in [2.45, 2.75) is 31.1 Å². The van der Waals surface area contributed by atoms with E-state index in [0.717, 1.165) is 0 Å². The molecule has 0 amide bonds. The summed E-state index contributed by atoms with van der Waals surface area (Å²) in [4.78, 5) is 3.80. The first-order valence-electron chi connectivity index (χ1n) is 4.78. The molecule has 0 radical (unpaired) electrons. The van der Waals surface area contributed by atoms with Crippen LogP contribution in [0.3, 0.4) is 0 Å². The van der Waals surface area contributed by atoms with Gasteiger partial charge in [-0.3, -0.25) is 4.90 Å². The van der Waals surface area contributed by atoms with Crippen LogP contribution in [0.15, 0.2) is 0 Å². The first kappa shape index (κ1) is 11.9. The highest BCUT2D eigenvalue weighted by atomic mass is 16.6. The maximum absolute atomic E-state index is 9.67. The van der Waals surface area contributed by atoms with E-state index in [1.165, 1.54) is 0 Å². The fraction of sp³-hybridized carbons (Fsp3) is 1.00. The molecule has 2 unspecified atom stereocenters.